The summed E-state index contributed by atoms with van der Waals surface area (Å²) < 4.78 is 5.04. The van der Waals surface area contributed by atoms with E-state index < -0.39 is 5.97 Å². The lowest BCUT2D eigenvalue weighted by atomic mass is 10.1. The van der Waals surface area contributed by atoms with Crippen molar-refractivity contribution >= 4 is 12.3 Å². The van der Waals surface area contributed by atoms with Crippen LogP contribution in [0.3, 0.4) is 0 Å². The number of carbonyl (C=O) groups excluding carboxylic acids is 2. The van der Waals surface area contributed by atoms with Crippen LogP contribution in [0.25, 0.3) is 0 Å². The SMILES string of the molecule is CN(C)CCOC(=O)c1ccccc1C=O. The molecule has 1 aromatic rings. The first kappa shape index (κ1) is 12.4. The van der Waals surface area contributed by atoms with Gasteiger partial charge in [-0.05, 0) is 20.2 Å². The topological polar surface area (TPSA) is 46.6 Å². The second-order valence-corrected chi connectivity index (χ2v) is 3.64. The van der Waals surface area contributed by atoms with E-state index in [9.17, 15) is 9.59 Å². The highest BCUT2D eigenvalue weighted by Crippen LogP contribution is 2.07. The van der Waals surface area contributed by atoms with Gasteiger partial charge in [-0.3, -0.25) is 4.79 Å². The van der Waals surface area contributed by atoms with Gasteiger partial charge in [-0.25, -0.2) is 4.79 Å². The predicted octanol–water partition coefficient (Wildman–Crippen LogP) is 1.22. The maximum absolute atomic E-state index is 11.6. The number of hydrogen-bond acceptors (Lipinski definition) is 4. The van der Waals surface area contributed by atoms with Crippen molar-refractivity contribution in [1.82, 2.24) is 4.90 Å². The van der Waals surface area contributed by atoms with E-state index >= 15 is 0 Å². The number of esters is 1. The third-order valence-corrected chi connectivity index (χ3v) is 2.08. The summed E-state index contributed by atoms with van der Waals surface area (Å²) in [5, 5.41) is 0. The summed E-state index contributed by atoms with van der Waals surface area (Å²) in [7, 11) is 3.79. The Morgan fingerprint density at radius 1 is 1.38 bits per heavy atom. The number of hydrogen-bond donors (Lipinski definition) is 0. The average molecular weight is 221 g/mol. The van der Waals surface area contributed by atoms with Gasteiger partial charge in [0.15, 0.2) is 6.29 Å². The van der Waals surface area contributed by atoms with E-state index in [1.54, 1.807) is 24.3 Å². The quantitative estimate of drug-likeness (QED) is 0.554. The number of nitrogens with zero attached hydrogens (tertiary/aromatic N) is 1. The molecule has 0 aromatic heterocycles. The molecule has 1 aromatic carbocycles. The fourth-order valence-corrected chi connectivity index (χ4v) is 1.18. The molecule has 0 bridgehead atoms. The Kier molecular flexibility index (Phi) is 4.66. The van der Waals surface area contributed by atoms with Crippen molar-refractivity contribution in [2.24, 2.45) is 0 Å². The first-order chi connectivity index (χ1) is 7.65. The van der Waals surface area contributed by atoms with Crippen LogP contribution in [0.15, 0.2) is 24.3 Å². The fourth-order valence-electron chi connectivity index (χ4n) is 1.18. The molecular formula is C12H15NO3. The fraction of sp³-hybridized carbons (Fsp3) is 0.333. The molecule has 0 saturated carbocycles. The predicted molar refractivity (Wildman–Crippen MR) is 60.7 cm³/mol. The average Bonchev–Trinajstić information content (AvgIpc) is 2.28. The highest BCUT2D eigenvalue weighted by Gasteiger charge is 2.11. The summed E-state index contributed by atoms with van der Waals surface area (Å²) in [6, 6.07) is 6.59. The van der Waals surface area contributed by atoms with Crippen LogP contribution >= 0.6 is 0 Å². The molecule has 0 unspecified atom stereocenters. The van der Waals surface area contributed by atoms with E-state index in [-0.39, 0.29) is 0 Å². The van der Waals surface area contributed by atoms with Gasteiger partial charge in [0.1, 0.15) is 6.61 Å². The molecular weight excluding hydrogens is 206 g/mol. The molecule has 4 nitrogen and oxygen atoms in total. The van der Waals surface area contributed by atoms with E-state index in [0.29, 0.717) is 30.6 Å². The lowest BCUT2D eigenvalue weighted by Crippen LogP contribution is -2.20. The van der Waals surface area contributed by atoms with Gasteiger partial charge >= 0.3 is 5.97 Å². The molecule has 0 heterocycles. The van der Waals surface area contributed by atoms with Gasteiger partial charge in [0, 0.05) is 12.1 Å². The highest BCUT2D eigenvalue weighted by atomic mass is 16.5. The maximum Gasteiger partial charge on any atom is 0.338 e. The second kappa shape index (κ2) is 6.02. The van der Waals surface area contributed by atoms with Crippen molar-refractivity contribution in [2.45, 2.75) is 0 Å². The molecule has 0 N–H and O–H groups in total. The van der Waals surface area contributed by atoms with Crippen molar-refractivity contribution in [1.29, 1.82) is 0 Å². The number of benzene rings is 1. The normalized spacial score (nSPS) is 10.2. The molecule has 0 fully saturated rings. The molecule has 0 amide bonds. The van der Waals surface area contributed by atoms with E-state index in [2.05, 4.69) is 0 Å². The molecule has 0 spiro atoms. The van der Waals surface area contributed by atoms with E-state index in [1.165, 1.54) is 0 Å². The molecule has 0 radical (unpaired) electrons. The van der Waals surface area contributed by atoms with Crippen LogP contribution in [-0.2, 0) is 4.74 Å². The molecule has 1 rings (SSSR count). The minimum atomic E-state index is -0.454. The van der Waals surface area contributed by atoms with Gasteiger partial charge < -0.3 is 9.64 Å². The van der Waals surface area contributed by atoms with Crippen LogP contribution in [0.2, 0.25) is 0 Å². The largest absolute Gasteiger partial charge is 0.461 e. The number of carbonyl (C=O) groups is 2. The second-order valence-electron chi connectivity index (χ2n) is 3.64. The number of rotatable bonds is 5. The van der Waals surface area contributed by atoms with Crippen molar-refractivity contribution < 1.29 is 14.3 Å². The van der Waals surface area contributed by atoms with Gasteiger partial charge in [-0.15, -0.1) is 0 Å². The molecule has 0 aliphatic carbocycles. The summed E-state index contributed by atoms with van der Waals surface area (Å²) in [6.07, 6.45) is 0.655. The van der Waals surface area contributed by atoms with Crippen LogP contribution in [0, 0.1) is 0 Å². The minimum Gasteiger partial charge on any atom is -0.461 e. The minimum absolute atomic E-state index is 0.316. The van der Waals surface area contributed by atoms with Gasteiger partial charge in [0.2, 0.25) is 0 Å². The molecule has 4 heteroatoms. The Morgan fingerprint density at radius 3 is 2.69 bits per heavy atom. The smallest absolute Gasteiger partial charge is 0.338 e. The Balaban J connectivity index is 2.62. The van der Waals surface area contributed by atoms with Gasteiger partial charge in [0.25, 0.3) is 0 Å². The van der Waals surface area contributed by atoms with E-state index in [1.807, 2.05) is 19.0 Å². The van der Waals surface area contributed by atoms with Crippen molar-refractivity contribution in [2.75, 3.05) is 27.2 Å². The Labute approximate surface area is 94.8 Å². The zero-order valence-corrected chi connectivity index (χ0v) is 9.47. The number of likely N-dealkylation sites (N-methyl/N-ethyl adjacent to an activating group) is 1. The summed E-state index contributed by atoms with van der Waals surface area (Å²) in [6.45, 7) is 0.980. The highest BCUT2D eigenvalue weighted by molar-refractivity contribution is 5.98. The lowest BCUT2D eigenvalue weighted by Gasteiger charge is -2.10. The Morgan fingerprint density at radius 2 is 2.06 bits per heavy atom. The van der Waals surface area contributed by atoms with Crippen molar-refractivity contribution in [3.63, 3.8) is 0 Å². The molecule has 0 aliphatic rings. The Bertz CT molecular complexity index is 374. The monoisotopic (exact) mass is 221 g/mol. The van der Waals surface area contributed by atoms with Gasteiger partial charge in [-0.2, -0.15) is 0 Å². The lowest BCUT2D eigenvalue weighted by molar-refractivity contribution is 0.0480. The van der Waals surface area contributed by atoms with E-state index in [4.69, 9.17) is 4.74 Å². The van der Waals surface area contributed by atoms with Crippen LogP contribution in [0.1, 0.15) is 20.7 Å². The summed E-state index contributed by atoms with van der Waals surface area (Å²) in [5.74, 6) is -0.454. The van der Waals surface area contributed by atoms with Crippen LogP contribution < -0.4 is 0 Å². The maximum atomic E-state index is 11.6. The standard InChI is InChI=1S/C12H15NO3/c1-13(2)7-8-16-12(15)11-6-4-3-5-10(11)9-14/h3-6,9H,7-8H2,1-2H3. The molecule has 0 atom stereocenters. The van der Waals surface area contributed by atoms with E-state index in [0.717, 1.165) is 0 Å². The van der Waals surface area contributed by atoms with Crippen LogP contribution in [-0.4, -0.2) is 44.4 Å². The Hall–Kier alpha value is -1.68. The zero-order valence-electron chi connectivity index (χ0n) is 9.47. The summed E-state index contributed by atoms with van der Waals surface area (Å²) in [4.78, 5) is 24.2. The first-order valence-corrected chi connectivity index (χ1v) is 5.01. The van der Waals surface area contributed by atoms with Crippen LogP contribution in [0.4, 0.5) is 0 Å². The number of aldehydes is 1. The van der Waals surface area contributed by atoms with Gasteiger partial charge in [-0.1, -0.05) is 18.2 Å². The molecule has 0 aliphatic heterocycles. The number of ether oxygens (including phenoxy) is 1. The van der Waals surface area contributed by atoms with Gasteiger partial charge in [0.05, 0.1) is 5.56 Å². The van der Waals surface area contributed by atoms with Crippen LogP contribution in [0.5, 0.6) is 0 Å². The molecule has 16 heavy (non-hydrogen) atoms. The van der Waals surface area contributed by atoms with Crippen molar-refractivity contribution in [3.8, 4) is 0 Å². The zero-order chi connectivity index (χ0) is 12.0. The summed E-state index contributed by atoms with van der Waals surface area (Å²) in [5.41, 5.74) is 0.675. The molecule has 0 saturated heterocycles. The molecule has 86 valence electrons. The van der Waals surface area contributed by atoms with Crippen molar-refractivity contribution in [3.05, 3.63) is 35.4 Å². The third-order valence-electron chi connectivity index (χ3n) is 2.08. The summed E-state index contributed by atoms with van der Waals surface area (Å²) >= 11 is 0. The first-order valence-electron chi connectivity index (χ1n) is 5.01. The third kappa shape index (κ3) is 3.47.